The molecule has 4 nitrogen and oxygen atoms in total. The fourth-order valence-corrected chi connectivity index (χ4v) is 3.87. The van der Waals surface area contributed by atoms with Gasteiger partial charge in [0.05, 0.1) is 17.7 Å². The topological polar surface area (TPSA) is 64.3 Å². The first kappa shape index (κ1) is 23.2. The average molecular weight is 410 g/mol. The molecule has 2 rings (SSSR count). The third kappa shape index (κ3) is 7.69. The van der Waals surface area contributed by atoms with Crippen molar-refractivity contribution in [3.05, 3.63) is 35.4 Å². The SMILES string of the molecule is N#CCCCCCCN1C(=O)CC[C@@H]1CC[C@@H](O)Cc1cccc(C(F)(F)F)c1. The smallest absolute Gasteiger partial charge is 0.393 e. The van der Waals surface area contributed by atoms with Crippen LogP contribution in [-0.2, 0) is 17.4 Å². The standard InChI is InChI=1S/C22H29F3N2O2/c23-22(24,25)18-8-6-7-17(15-18)16-20(28)11-9-19-10-12-21(29)27(19)14-5-3-1-2-4-13-26/h6-8,15,19-20,28H,1-5,9-12,14,16H2/t19-,20+/m0/s1. The molecular weight excluding hydrogens is 381 g/mol. The number of hydrogen-bond donors (Lipinski definition) is 1. The summed E-state index contributed by atoms with van der Waals surface area (Å²) in [6.45, 7) is 0.694. The van der Waals surface area contributed by atoms with Crippen LogP contribution < -0.4 is 0 Å². The minimum atomic E-state index is -4.39. The molecule has 0 aromatic heterocycles. The molecule has 0 spiro atoms. The van der Waals surface area contributed by atoms with E-state index >= 15 is 0 Å². The lowest BCUT2D eigenvalue weighted by Crippen LogP contribution is -2.34. The second kappa shape index (κ2) is 11.2. The first-order valence-corrected chi connectivity index (χ1v) is 10.3. The van der Waals surface area contributed by atoms with E-state index in [1.54, 1.807) is 6.07 Å². The van der Waals surface area contributed by atoms with E-state index in [0.29, 0.717) is 37.8 Å². The number of unbranched alkanes of at least 4 members (excludes halogenated alkanes) is 4. The number of likely N-dealkylation sites (tertiary alicyclic amines) is 1. The van der Waals surface area contributed by atoms with E-state index in [4.69, 9.17) is 5.26 Å². The number of aliphatic hydroxyl groups is 1. The van der Waals surface area contributed by atoms with Crippen molar-refractivity contribution in [1.29, 1.82) is 5.26 Å². The van der Waals surface area contributed by atoms with E-state index in [2.05, 4.69) is 6.07 Å². The number of nitrogens with zero attached hydrogens (tertiary/aromatic N) is 2. The molecule has 1 fully saturated rings. The Kier molecular flexibility index (Phi) is 8.97. The van der Waals surface area contributed by atoms with Gasteiger partial charge in [0.25, 0.3) is 0 Å². The van der Waals surface area contributed by atoms with Crippen LogP contribution in [-0.4, -0.2) is 34.6 Å². The number of hydrogen-bond acceptors (Lipinski definition) is 3. The van der Waals surface area contributed by atoms with Crippen molar-refractivity contribution in [3.63, 3.8) is 0 Å². The molecule has 7 heteroatoms. The van der Waals surface area contributed by atoms with Crippen molar-refractivity contribution in [3.8, 4) is 6.07 Å². The maximum atomic E-state index is 12.8. The van der Waals surface area contributed by atoms with E-state index in [9.17, 15) is 23.1 Å². The average Bonchev–Trinajstić information content (AvgIpc) is 3.02. The molecule has 0 radical (unpaired) electrons. The predicted octanol–water partition coefficient (Wildman–Crippen LogP) is 4.85. The van der Waals surface area contributed by atoms with Crippen LogP contribution in [0, 0.1) is 11.3 Å². The number of alkyl halides is 3. The molecule has 0 bridgehead atoms. The number of halogens is 3. The number of carbonyl (C=O) groups excluding carboxylic acids is 1. The van der Waals surface area contributed by atoms with Crippen molar-refractivity contribution >= 4 is 5.91 Å². The van der Waals surface area contributed by atoms with Crippen LogP contribution >= 0.6 is 0 Å². The van der Waals surface area contributed by atoms with Crippen molar-refractivity contribution in [2.24, 2.45) is 0 Å². The second-order valence-electron chi connectivity index (χ2n) is 7.74. The summed E-state index contributed by atoms with van der Waals surface area (Å²) in [4.78, 5) is 14.0. The molecule has 1 aliphatic rings. The van der Waals surface area contributed by atoms with E-state index in [1.807, 2.05) is 4.90 Å². The van der Waals surface area contributed by atoms with Crippen LogP contribution in [0.1, 0.15) is 68.9 Å². The largest absolute Gasteiger partial charge is 0.416 e. The lowest BCUT2D eigenvalue weighted by molar-refractivity contribution is -0.137. The van der Waals surface area contributed by atoms with E-state index in [-0.39, 0.29) is 18.4 Å². The summed E-state index contributed by atoms with van der Waals surface area (Å²) in [5, 5.41) is 18.8. The summed E-state index contributed by atoms with van der Waals surface area (Å²) < 4.78 is 38.4. The molecule has 1 aromatic rings. The Labute approximate surface area is 170 Å². The van der Waals surface area contributed by atoms with Gasteiger partial charge in [0.15, 0.2) is 0 Å². The van der Waals surface area contributed by atoms with Crippen LogP contribution in [0.5, 0.6) is 0 Å². The van der Waals surface area contributed by atoms with Crippen LogP contribution in [0.25, 0.3) is 0 Å². The maximum absolute atomic E-state index is 12.8. The van der Waals surface area contributed by atoms with Gasteiger partial charge >= 0.3 is 6.18 Å². The molecule has 1 N–H and O–H groups in total. The number of carbonyl (C=O) groups is 1. The molecular formula is C22H29F3N2O2. The van der Waals surface area contributed by atoms with Crippen molar-refractivity contribution in [2.75, 3.05) is 6.54 Å². The first-order valence-electron chi connectivity index (χ1n) is 10.3. The molecule has 0 saturated carbocycles. The summed E-state index contributed by atoms with van der Waals surface area (Å²) in [6, 6.07) is 7.28. The molecule has 29 heavy (non-hydrogen) atoms. The van der Waals surface area contributed by atoms with E-state index in [0.717, 1.165) is 44.2 Å². The Bertz CT molecular complexity index is 700. The van der Waals surface area contributed by atoms with Gasteiger partial charge in [-0.05, 0) is 50.2 Å². The quantitative estimate of drug-likeness (QED) is 0.530. The molecule has 1 amide bonds. The third-order valence-electron chi connectivity index (χ3n) is 5.45. The Morgan fingerprint density at radius 1 is 1.24 bits per heavy atom. The molecule has 0 unspecified atom stereocenters. The molecule has 1 aromatic carbocycles. The number of rotatable bonds is 11. The van der Waals surface area contributed by atoms with Gasteiger partial charge < -0.3 is 10.0 Å². The van der Waals surface area contributed by atoms with Crippen molar-refractivity contribution in [1.82, 2.24) is 4.90 Å². The highest BCUT2D eigenvalue weighted by atomic mass is 19.4. The van der Waals surface area contributed by atoms with Gasteiger partial charge in [0, 0.05) is 25.4 Å². The monoisotopic (exact) mass is 410 g/mol. The van der Waals surface area contributed by atoms with E-state index < -0.39 is 17.8 Å². The Morgan fingerprint density at radius 3 is 2.72 bits per heavy atom. The van der Waals surface area contributed by atoms with Gasteiger partial charge in [-0.3, -0.25) is 4.79 Å². The summed E-state index contributed by atoms with van der Waals surface area (Å²) in [5.41, 5.74) is -0.242. The highest BCUT2D eigenvalue weighted by Gasteiger charge is 2.31. The Balaban J connectivity index is 1.77. The van der Waals surface area contributed by atoms with Gasteiger partial charge in [-0.25, -0.2) is 0 Å². The summed E-state index contributed by atoms with van der Waals surface area (Å²) in [5.74, 6) is 0.138. The fraction of sp³-hybridized carbons (Fsp3) is 0.636. The zero-order chi connectivity index (χ0) is 21.3. The lowest BCUT2D eigenvalue weighted by Gasteiger charge is -2.26. The molecule has 1 heterocycles. The zero-order valence-electron chi connectivity index (χ0n) is 16.6. The van der Waals surface area contributed by atoms with Gasteiger partial charge in [-0.2, -0.15) is 18.4 Å². The molecule has 0 aliphatic carbocycles. The number of nitriles is 1. The predicted molar refractivity (Wildman–Crippen MR) is 104 cm³/mol. The van der Waals surface area contributed by atoms with Crippen LogP contribution in [0.15, 0.2) is 24.3 Å². The lowest BCUT2D eigenvalue weighted by atomic mass is 9.99. The zero-order valence-corrected chi connectivity index (χ0v) is 16.6. The summed E-state index contributed by atoms with van der Waals surface area (Å²) in [6.07, 6.45) is 1.75. The van der Waals surface area contributed by atoms with Crippen molar-refractivity contribution in [2.45, 2.75) is 82.5 Å². The normalized spacial score (nSPS) is 18.1. The number of benzene rings is 1. The van der Waals surface area contributed by atoms with Gasteiger partial charge in [-0.15, -0.1) is 0 Å². The fourth-order valence-electron chi connectivity index (χ4n) is 3.87. The first-order chi connectivity index (χ1) is 13.8. The Morgan fingerprint density at radius 2 is 2.00 bits per heavy atom. The van der Waals surface area contributed by atoms with E-state index in [1.165, 1.54) is 6.07 Å². The van der Waals surface area contributed by atoms with Gasteiger partial charge in [0.1, 0.15) is 0 Å². The van der Waals surface area contributed by atoms with Gasteiger partial charge in [0.2, 0.25) is 5.91 Å². The van der Waals surface area contributed by atoms with Crippen LogP contribution in [0.3, 0.4) is 0 Å². The molecule has 2 atom stereocenters. The molecule has 1 saturated heterocycles. The molecule has 160 valence electrons. The van der Waals surface area contributed by atoms with Crippen molar-refractivity contribution < 1.29 is 23.1 Å². The second-order valence-corrected chi connectivity index (χ2v) is 7.74. The summed E-state index contributed by atoms with van der Waals surface area (Å²) in [7, 11) is 0. The molecule has 1 aliphatic heterocycles. The van der Waals surface area contributed by atoms with Gasteiger partial charge in [-0.1, -0.05) is 31.0 Å². The minimum Gasteiger partial charge on any atom is -0.393 e. The maximum Gasteiger partial charge on any atom is 0.416 e. The number of aliphatic hydroxyl groups excluding tert-OH is 1. The van der Waals surface area contributed by atoms with Crippen LogP contribution in [0.2, 0.25) is 0 Å². The minimum absolute atomic E-state index is 0.0952. The Hall–Kier alpha value is -2.07. The highest BCUT2D eigenvalue weighted by Crippen LogP contribution is 2.30. The summed E-state index contributed by atoms with van der Waals surface area (Å²) >= 11 is 0. The van der Waals surface area contributed by atoms with Crippen LogP contribution in [0.4, 0.5) is 13.2 Å². The number of amides is 1. The third-order valence-corrected chi connectivity index (χ3v) is 5.45. The highest BCUT2D eigenvalue weighted by molar-refractivity contribution is 5.78.